The number of halogens is 2. The van der Waals surface area contributed by atoms with Gasteiger partial charge in [0.05, 0.1) is 34.5 Å². The molecule has 2 aromatic heterocycles. The number of aliphatic carboxylic acids is 1. The van der Waals surface area contributed by atoms with E-state index in [4.69, 9.17) is 0 Å². The van der Waals surface area contributed by atoms with E-state index in [1.54, 1.807) is 31.0 Å². The summed E-state index contributed by atoms with van der Waals surface area (Å²) >= 11 is 0. The van der Waals surface area contributed by atoms with Gasteiger partial charge in [0.2, 0.25) is 10.0 Å². The van der Waals surface area contributed by atoms with Gasteiger partial charge in [-0.05, 0) is 88.0 Å². The van der Waals surface area contributed by atoms with Gasteiger partial charge in [-0.1, -0.05) is 11.3 Å². The van der Waals surface area contributed by atoms with E-state index >= 15 is 0 Å². The van der Waals surface area contributed by atoms with Gasteiger partial charge < -0.3 is 14.9 Å². The smallest absolute Gasteiger partial charge is 0.320 e. The maximum Gasteiger partial charge on any atom is 0.320 e. The minimum Gasteiger partial charge on any atom is -0.480 e. The molecule has 1 aliphatic carbocycles. The van der Waals surface area contributed by atoms with Crippen LogP contribution in [-0.2, 0) is 14.8 Å². The Kier molecular flexibility index (Phi) is 8.91. The molecule has 0 bridgehead atoms. The second kappa shape index (κ2) is 13.1. The molecule has 2 saturated heterocycles. The third-order valence-electron chi connectivity index (χ3n) is 10.5. The number of aromatic nitrogens is 4. The Labute approximate surface area is 290 Å². The molecule has 2 N–H and O–H groups in total. The molecular weight excluding hydrogens is 666 g/mol. The second-order valence-electron chi connectivity index (χ2n) is 14.2. The van der Waals surface area contributed by atoms with Crippen LogP contribution in [0.5, 0.6) is 0 Å². The lowest BCUT2D eigenvalue weighted by molar-refractivity contribution is -0.142. The molecular formula is C35H42F2N8O4S. The fourth-order valence-corrected chi connectivity index (χ4v) is 8.31. The molecule has 4 aromatic rings. The van der Waals surface area contributed by atoms with Gasteiger partial charge in [-0.15, -0.1) is 5.10 Å². The van der Waals surface area contributed by atoms with E-state index in [0.717, 1.165) is 53.8 Å². The predicted octanol–water partition coefficient (Wildman–Crippen LogP) is 5.25. The molecule has 1 saturated carbocycles. The van der Waals surface area contributed by atoms with Gasteiger partial charge in [-0.2, -0.15) is 0 Å². The van der Waals surface area contributed by atoms with Crippen molar-refractivity contribution in [1.82, 2.24) is 24.9 Å². The average Bonchev–Trinajstić information content (AvgIpc) is 3.63. The van der Waals surface area contributed by atoms with Crippen molar-refractivity contribution >= 4 is 44.0 Å². The van der Waals surface area contributed by atoms with Crippen LogP contribution in [0.4, 0.5) is 25.8 Å². The van der Waals surface area contributed by atoms with E-state index < -0.39 is 28.0 Å². The minimum atomic E-state index is -3.84. The topological polar surface area (TPSA) is 137 Å². The zero-order valence-electron chi connectivity index (χ0n) is 28.2. The summed E-state index contributed by atoms with van der Waals surface area (Å²) in [6, 6.07) is 12.1. The highest BCUT2D eigenvalue weighted by molar-refractivity contribution is 7.92. The number of nitrogens with one attached hydrogen (secondary N) is 1. The number of carbonyl (C=O) groups is 1. The fourth-order valence-electron chi connectivity index (χ4n) is 7.19. The van der Waals surface area contributed by atoms with Gasteiger partial charge >= 0.3 is 5.97 Å². The molecule has 50 heavy (non-hydrogen) atoms. The third-order valence-corrected chi connectivity index (χ3v) is 11.8. The molecule has 7 rings (SSSR count). The van der Waals surface area contributed by atoms with Gasteiger partial charge in [0.15, 0.2) is 0 Å². The van der Waals surface area contributed by atoms with Gasteiger partial charge in [0, 0.05) is 61.9 Å². The Hall–Kier alpha value is -4.37. The molecule has 4 heterocycles. The summed E-state index contributed by atoms with van der Waals surface area (Å²) in [4.78, 5) is 21.9. The van der Waals surface area contributed by atoms with E-state index in [1.807, 2.05) is 47.5 Å². The molecule has 3 aliphatic rings. The highest BCUT2D eigenvalue weighted by atomic mass is 32.2. The zero-order chi connectivity index (χ0) is 35.3. The number of hydrogen-bond acceptors (Lipinski definition) is 9. The van der Waals surface area contributed by atoms with Crippen LogP contribution in [0.1, 0.15) is 44.9 Å². The molecule has 266 valence electrons. The van der Waals surface area contributed by atoms with Crippen molar-refractivity contribution in [2.45, 2.75) is 56.9 Å². The molecule has 15 heteroatoms. The standard InChI is InChI=1S/C35H42F2N8O4S/c1-42(2)29(33(46)47)7-19-50(48,49)40-25-5-6-27(30(21-25)43-15-10-34(8-9-34)11-16-43)28-23-45(41-39-28)26-20-24-4-3-14-38-32(24)31(22-26)44-17-12-35(36,37)13-18-44/h3-6,14,20-23,29,40H,7-13,15-19H2,1-2H3,(H,46,47). The number of pyridine rings is 1. The predicted molar refractivity (Wildman–Crippen MR) is 189 cm³/mol. The zero-order valence-corrected chi connectivity index (χ0v) is 29.0. The number of carboxylic acid groups (broad SMARTS) is 1. The Morgan fingerprint density at radius 2 is 1.68 bits per heavy atom. The van der Waals surface area contributed by atoms with Crippen molar-refractivity contribution in [2.75, 3.05) is 60.5 Å². The maximum absolute atomic E-state index is 14.0. The lowest BCUT2D eigenvalue weighted by Gasteiger charge is -2.35. The Morgan fingerprint density at radius 1 is 0.980 bits per heavy atom. The molecule has 1 atom stereocenters. The van der Waals surface area contributed by atoms with Crippen LogP contribution in [-0.4, -0.2) is 102 Å². The number of piperidine rings is 2. The SMILES string of the molecule is CN(C)C(CCS(=O)(=O)Nc1ccc(-c2cn(-c3cc(N4CCC(F)(F)CC4)c4ncccc4c3)nn2)c(N2CCC3(CC2)CC3)c1)C(=O)O. The molecule has 2 aliphatic heterocycles. The van der Waals surface area contributed by atoms with Crippen LogP contribution in [0.25, 0.3) is 27.8 Å². The molecule has 0 amide bonds. The van der Waals surface area contributed by atoms with E-state index in [-0.39, 0.29) is 38.1 Å². The van der Waals surface area contributed by atoms with Crippen molar-refractivity contribution < 1.29 is 27.1 Å². The highest BCUT2D eigenvalue weighted by Crippen LogP contribution is 2.54. The fraction of sp³-hybridized carbons (Fsp3) is 0.486. The summed E-state index contributed by atoms with van der Waals surface area (Å²) in [5.74, 6) is -4.09. The summed E-state index contributed by atoms with van der Waals surface area (Å²) in [5, 5.41) is 19.4. The number of hydrogen-bond donors (Lipinski definition) is 2. The van der Waals surface area contributed by atoms with E-state index in [1.165, 1.54) is 17.7 Å². The number of sulfonamides is 1. The quantitative estimate of drug-likeness (QED) is 0.213. The molecule has 12 nitrogen and oxygen atoms in total. The van der Waals surface area contributed by atoms with Crippen molar-refractivity contribution in [2.24, 2.45) is 5.41 Å². The first-order chi connectivity index (χ1) is 23.8. The normalized spacial score (nSPS) is 19.2. The lowest BCUT2D eigenvalue weighted by Crippen LogP contribution is -2.39. The van der Waals surface area contributed by atoms with Gasteiger partial charge in [-0.3, -0.25) is 19.4 Å². The summed E-state index contributed by atoms with van der Waals surface area (Å²) in [6.07, 6.45) is 7.65. The number of fused-ring (bicyclic) bond motifs is 1. The number of alkyl halides is 2. The number of likely N-dealkylation sites (N-methyl/N-ethyl adjacent to an activating group) is 1. The van der Waals surface area contributed by atoms with Gasteiger partial charge in [0.1, 0.15) is 11.7 Å². The highest BCUT2D eigenvalue weighted by Gasteiger charge is 2.44. The molecule has 3 fully saturated rings. The number of nitrogens with zero attached hydrogens (tertiary/aromatic N) is 7. The summed E-state index contributed by atoms with van der Waals surface area (Å²) in [7, 11) is -0.622. The van der Waals surface area contributed by atoms with Gasteiger partial charge in [0.25, 0.3) is 5.92 Å². The second-order valence-corrected chi connectivity index (χ2v) is 16.0. The number of rotatable bonds is 11. The summed E-state index contributed by atoms with van der Waals surface area (Å²) in [6.45, 7) is 2.10. The average molecular weight is 709 g/mol. The van der Waals surface area contributed by atoms with E-state index in [0.29, 0.717) is 22.5 Å². The molecule has 0 radical (unpaired) electrons. The number of carboxylic acids is 1. The van der Waals surface area contributed by atoms with Crippen molar-refractivity contribution in [3.8, 4) is 16.9 Å². The van der Waals surface area contributed by atoms with Crippen molar-refractivity contribution in [3.63, 3.8) is 0 Å². The van der Waals surface area contributed by atoms with Gasteiger partial charge in [-0.25, -0.2) is 21.9 Å². The first-order valence-corrected chi connectivity index (χ1v) is 18.7. The Bertz CT molecular complexity index is 2000. The van der Waals surface area contributed by atoms with Crippen molar-refractivity contribution in [1.29, 1.82) is 0 Å². The first-order valence-electron chi connectivity index (χ1n) is 17.0. The summed E-state index contributed by atoms with van der Waals surface area (Å²) < 4.78 is 58.6. The molecule has 1 spiro atoms. The van der Waals surface area contributed by atoms with Crippen LogP contribution in [0.3, 0.4) is 0 Å². The number of benzene rings is 2. The Balaban J connectivity index is 1.19. The number of anilines is 3. The van der Waals surface area contributed by atoms with Crippen LogP contribution in [0, 0.1) is 5.41 Å². The van der Waals surface area contributed by atoms with Crippen molar-refractivity contribution in [3.05, 3.63) is 54.9 Å². The Morgan fingerprint density at radius 3 is 2.36 bits per heavy atom. The largest absolute Gasteiger partial charge is 0.480 e. The van der Waals surface area contributed by atoms with Crippen LogP contribution in [0.15, 0.2) is 54.9 Å². The monoisotopic (exact) mass is 708 g/mol. The van der Waals surface area contributed by atoms with E-state index in [2.05, 4.69) is 24.9 Å². The van der Waals surface area contributed by atoms with Crippen LogP contribution in [0.2, 0.25) is 0 Å². The van der Waals surface area contributed by atoms with Crippen LogP contribution >= 0.6 is 0 Å². The maximum atomic E-state index is 14.0. The molecule has 1 unspecified atom stereocenters. The summed E-state index contributed by atoms with van der Waals surface area (Å²) in [5.41, 5.74) is 5.27. The van der Waals surface area contributed by atoms with E-state index in [9.17, 15) is 27.1 Å². The third kappa shape index (κ3) is 7.24. The minimum absolute atomic E-state index is 0.0588. The first kappa shape index (κ1) is 34.1. The van der Waals surface area contributed by atoms with Crippen LogP contribution < -0.4 is 14.5 Å². The lowest BCUT2D eigenvalue weighted by atomic mass is 9.93. The molecule has 2 aromatic carbocycles.